The summed E-state index contributed by atoms with van der Waals surface area (Å²) in [5, 5.41) is 18.2. The van der Waals surface area contributed by atoms with Gasteiger partial charge in [0.05, 0.1) is 5.69 Å². The second-order valence-corrected chi connectivity index (χ2v) is 5.24. The number of hydrogen-bond acceptors (Lipinski definition) is 5. The summed E-state index contributed by atoms with van der Waals surface area (Å²) in [6.07, 6.45) is 0.797. The molecule has 0 radical (unpaired) electrons. The molecule has 1 rings (SSSR count). The fourth-order valence-corrected chi connectivity index (χ4v) is 1.90. The predicted molar refractivity (Wildman–Crippen MR) is 83.6 cm³/mol. The van der Waals surface area contributed by atoms with E-state index in [1.165, 1.54) is 0 Å². The standard InChI is InChI=1S/C15H21N5O3/c1-5-6-17-14(22)11(4)18-13(21)8-20-15(23)12(7-16)9(2)10(3)19-20/h11H,5-6,8H2,1-4H3,(H,17,22)(H,18,21)/t11-/m0/s1. The fraction of sp³-hybridized carbons (Fsp3) is 0.533. The smallest absolute Gasteiger partial charge is 0.285 e. The molecular formula is C15H21N5O3. The molecule has 23 heavy (non-hydrogen) atoms. The Kier molecular flexibility index (Phi) is 6.45. The molecule has 0 saturated carbocycles. The van der Waals surface area contributed by atoms with Crippen LogP contribution in [0.1, 0.15) is 37.1 Å². The van der Waals surface area contributed by atoms with Crippen LogP contribution in [0.5, 0.6) is 0 Å². The Bertz CT molecular complexity index is 702. The van der Waals surface area contributed by atoms with Crippen LogP contribution in [0.2, 0.25) is 0 Å². The molecule has 0 aromatic carbocycles. The van der Waals surface area contributed by atoms with Crippen molar-refractivity contribution in [2.75, 3.05) is 6.54 Å². The summed E-state index contributed by atoms with van der Waals surface area (Å²) in [6.45, 7) is 6.95. The van der Waals surface area contributed by atoms with E-state index in [0.29, 0.717) is 17.8 Å². The third-order valence-corrected chi connectivity index (χ3v) is 3.36. The van der Waals surface area contributed by atoms with Gasteiger partial charge in [-0.25, -0.2) is 4.68 Å². The molecule has 1 atom stereocenters. The van der Waals surface area contributed by atoms with Gasteiger partial charge in [0.25, 0.3) is 5.56 Å². The molecule has 0 aliphatic rings. The van der Waals surface area contributed by atoms with Gasteiger partial charge in [0.15, 0.2) is 0 Å². The van der Waals surface area contributed by atoms with E-state index in [9.17, 15) is 14.4 Å². The lowest BCUT2D eigenvalue weighted by Gasteiger charge is -2.14. The van der Waals surface area contributed by atoms with E-state index in [-0.39, 0.29) is 18.0 Å². The number of carbonyl (C=O) groups excluding carboxylic acids is 2. The predicted octanol–water partition coefficient (Wildman–Crippen LogP) is -0.237. The molecule has 8 heteroatoms. The Morgan fingerprint density at radius 2 is 2.04 bits per heavy atom. The molecule has 2 N–H and O–H groups in total. The van der Waals surface area contributed by atoms with E-state index in [1.54, 1.807) is 20.8 Å². The molecule has 0 spiro atoms. The van der Waals surface area contributed by atoms with Crippen LogP contribution in [0, 0.1) is 25.2 Å². The Morgan fingerprint density at radius 1 is 1.39 bits per heavy atom. The summed E-state index contributed by atoms with van der Waals surface area (Å²) in [6, 6.07) is 1.12. The third kappa shape index (κ3) is 4.64. The lowest BCUT2D eigenvalue weighted by atomic mass is 10.1. The van der Waals surface area contributed by atoms with Crippen molar-refractivity contribution < 1.29 is 9.59 Å². The molecule has 1 aromatic heterocycles. The Balaban J connectivity index is 2.83. The van der Waals surface area contributed by atoms with Crippen molar-refractivity contribution in [2.45, 2.75) is 46.7 Å². The van der Waals surface area contributed by atoms with Gasteiger partial charge in [-0.3, -0.25) is 14.4 Å². The number of nitrogens with one attached hydrogen (secondary N) is 2. The topological polar surface area (TPSA) is 117 Å². The molecule has 0 fully saturated rings. The van der Waals surface area contributed by atoms with Gasteiger partial charge in [0.1, 0.15) is 24.2 Å². The van der Waals surface area contributed by atoms with Crippen molar-refractivity contribution >= 4 is 11.8 Å². The first-order valence-corrected chi connectivity index (χ1v) is 7.37. The van der Waals surface area contributed by atoms with E-state index in [4.69, 9.17) is 5.26 Å². The molecular weight excluding hydrogens is 298 g/mol. The molecule has 124 valence electrons. The van der Waals surface area contributed by atoms with Crippen molar-refractivity contribution in [1.29, 1.82) is 5.26 Å². The third-order valence-electron chi connectivity index (χ3n) is 3.36. The number of aryl methyl sites for hydroxylation is 1. The second-order valence-electron chi connectivity index (χ2n) is 5.24. The van der Waals surface area contributed by atoms with Crippen LogP contribution < -0.4 is 16.2 Å². The molecule has 0 aliphatic heterocycles. The molecule has 1 heterocycles. The maximum Gasteiger partial charge on any atom is 0.285 e. The van der Waals surface area contributed by atoms with Crippen LogP contribution in [0.15, 0.2) is 4.79 Å². The van der Waals surface area contributed by atoms with Crippen LogP contribution in [0.4, 0.5) is 0 Å². The zero-order chi connectivity index (χ0) is 17.6. The van der Waals surface area contributed by atoms with Crippen molar-refractivity contribution in [3.8, 4) is 6.07 Å². The summed E-state index contributed by atoms with van der Waals surface area (Å²) >= 11 is 0. The first-order valence-electron chi connectivity index (χ1n) is 7.37. The van der Waals surface area contributed by atoms with Gasteiger partial charge in [0.2, 0.25) is 11.8 Å². The van der Waals surface area contributed by atoms with E-state index >= 15 is 0 Å². The van der Waals surface area contributed by atoms with Gasteiger partial charge < -0.3 is 10.6 Å². The fourth-order valence-electron chi connectivity index (χ4n) is 1.90. The highest BCUT2D eigenvalue weighted by Gasteiger charge is 2.17. The van der Waals surface area contributed by atoms with Gasteiger partial charge >= 0.3 is 0 Å². The number of aromatic nitrogens is 2. The van der Waals surface area contributed by atoms with E-state index in [0.717, 1.165) is 11.1 Å². The van der Waals surface area contributed by atoms with Crippen molar-refractivity contribution in [2.24, 2.45) is 0 Å². The highest BCUT2D eigenvalue weighted by molar-refractivity contribution is 5.87. The minimum atomic E-state index is -0.716. The summed E-state index contributed by atoms with van der Waals surface area (Å²) in [4.78, 5) is 35.8. The van der Waals surface area contributed by atoms with Gasteiger partial charge in [-0.05, 0) is 32.8 Å². The van der Waals surface area contributed by atoms with Crippen molar-refractivity contribution in [3.05, 3.63) is 27.2 Å². The summed E-state index contributed by atoms with van der Waals surface area (Å²) < 4.78 is 0.937. The minimum absolute atomic E-state index is 0.0287. The lowest BCUT2D eigenvalue weighted by molar-refractivity contribution is -0.129. The largest absolute Gasteiger partial charge is 0.354 e. The highest BCUT2D eigenvalue weighted by atomic mass is 16.2. The van der Waals surface area contributed by atoms with Crippen LogP contribution in [-0.2, 0) is 16.1 Å². The molecule has 2 amide bonds. The van der Waals surface area contributed by atoms with Crippen LogP contribution in [0.3, 0.4) is 0 Å². The summed E-state index contributed by atoms with van der Waals surface area (Å²) in [7, 11) is 0. The van der Waals surface area contributed by atoms with Crippen LogP contribution in [0.25, 0.3) is 0 Å². The zero-order valence-corrected chi connectivity index (χ0v) is 13.8. The molecule has 0 saturated heterocycles. The van der Waals surface area contributed by atoms with Crippen molar-refractivity contribution in [1.82, 2.24) is 20.4 Å². The van der Waals surface area contributed by atoms with Gasteiger partial charge in [-0.15, -0.1) is 0 Å². The summed E-state index contributed by atoms with van der Waals surface area (Å²) in [5.41, 5.74) is 0.358. The summed E-state index contributed by atoms with van der Waals surface area (Å²) in [5.74, 6) is -0.816. The quantitative estimate of drug-likeness (QED) is 0.750. The first kappa shape index (κ1) is 18.4. The van der Waals surface area contributed by atoms with Gasteiger partial charge in [-0.1, -0.05) is 6.92 Å². The number of carbonyl (C=O) groups is 2. The zero-order valence-electron chi connectivity index (χ0n) is 13.8. The van der Waals surface area contributed by atoms with E-state index in [2.05, 4.69) is 15.7 Å². The Labute approximate surface area is 134 Å². The average Bonchev–Trinajstić information content (AvgIpc) is 2.50. The minimum Gasteiger partial charge on any atom is -0.354 e. The number of hydrogen-bond donors (Lipinski definition) is 2. The number of nitrogens with zero attached hydrogens (tertiary/aromatic N) is 3. The van der Waals surface area contributed by atoms with Gasteiger partial charge in [0, 0.05) is 6.54 Å². The lowest BCUT2D eigenvalue weighted by Crippen LogP contribution is -2.47. The molecule has 0 aliphatic carbocycles. The molecule has 0 unspecified atom stereocenters. The number of rotatable bonds is 6. The SMILES string of the molecule is CCCNC(=O)[C@H](C)NC(=O)Cn1nc(C)c(C)c(C#N)c1=O. The first-order chi connectivity index (χ1) is 10.8. The molecule has 0 bridgehead atoms. The monoisotopic (exact) mass is 319 g/mol. The van der Waals surface area contributed by atoms with Crippen LogP contribution in [-0.4, -0.2) is 34.2 Å². The van der Waals surface area contributed by atoms with E-state index in [1.807, 2.05) is 13.0 Å². The highest BCUT2D eigenvalue weighted by Crippen LogP contribution is 2.04. The maximum absolute atomic E-state index is 12.1. The number of nitriles is 1. The number of amides is 2. The maximum atomic E-state index is 12.1. The average molecular weight is 319 g/mol. The van der Waals surface area contributed by atoms with Gasteiger partial charge in [-0.2, -0.15) is 10.4 Å². The molecule has 8 nitrogen and oxygen atoms in total. The second kappa shape index (κ2) is 8.08. The Hall–Kier alpha value is -2.69. The van der Waals surface area contributed by atoms with Crippen molar-refractivity contribution in [3.63, 3.8) is 0 Å². The normalized spacial score (nSPS) is 11.4. The van der Waals surface area contributed by atoms with E-state index < -0.39 is 17.5 Å². The molecule has 1 aromatic rings. The Morgan fingerprint density at radius 3 is 2.61 bits per heavy atom. The van der Waals surface area contributed by atoms with Crippen LogP contribution >= 0.6 is 0 Å².